The fraction of sp³-hybridized carbons (Fsp3) is 0.538. The summed E-state index contributed by atoms with van der Waals surface area (Å²) in [7, 11) is 1.71. The van der Waals surface area contributed by atoms with E-state index in [1.807, 2.05) is 18.2 Å². The summed E-state index contributed by atoms with van der Waals surface area (Å²) in [6, 6.07) is 10.6. The molecule has 178 valence electrons. The number of nitrogens with one attached hydrogen (secondary N) is 2. The van der Waals surface area contributed by atoms with Gasteiger partial charge in [0.1, 0.15) is 5.78 Å². The normalized spacial score (nSPS) is 21.6. The molecule has 3 heterocycles. The van der Waals surface area contributed by atoms with Crippen LogP contribution in [0.3, 0.4) is 0 Å². The lowest BCUT2D eigenvalue weighted by Crippen LogP contribution is -2.44. The summed E-state index contributed by atoms with van der Waals surface area (Å²) in [6.45, 7) is 4.04. The van der Waals surface area contributed by atoms with Gasteiger partial charge in [-0.15, -0.1) is 0 Å². The largest absolute Gasteiger partial charge is 0.385 e. The van der Waals surface area contributed by atoms with Gasteiger partial charge >= 0.3 is 0 Å². The second-order valence-corrected chi connectivity index (χ2v) is 9.56. The molecule has 7 heteroatoms. The first-order valence-electron chi connectivity index (χ1n) is 11.9. The summed E-state index contributed by atoms with van der Waals surface area (Å²) in [6.07, 6.45) is 6.04. The van der Waals surface area contributed by atoms with E-state index in [1.54, 1.807) is 13.3 Å². The molecule has 0 spiro atoms. The number of benzene rings is 1. The topological polar surface area (TPSA) is 72.5 Å². The molecule has 33 heavy (non-hydrogen) atoms. The van der Waals surface area contributed by atoms with Gasteiger partial charge in [-0.1, -0.05) is 23.7 Å². The Bertz CT molecular complexity index is 925. The lowest BCUT2D eigenvalue weighted by molar-refractivity contribution is -0.123. The Morgan fingerprint density at radius 2 is 2.09 bits per heavy atom. The zero-order valence-electron chi connectivity index (χ0n) is 19.3. The minimum absolute atomic E-state index is 0.0248. The SMILES string of the molecule is COC[C@H]1CC[C@@H](C(=O)Cc2cc(-c3cccc(NCC4CCOCC4)c3)c(Cl)cn2)CN1. The molecule has 0 bridgehead atoms. The van der Waals surface area contributed by atoms with E-state index in [9.17, 15) is 4.79 Å². The molecule has 2 aromatic rings. The van der Waals surface area contributed by atoms with E-state index in [0.29, 0.717) is 36.6 Å². The van der Waals surface area contributed by atoms with Crippen LogP contribution < -0.4 is 10.6 Å². The molecule has 4 rings (SSSR count). The van der Waals surface area contributed by atoms with Gasteiger partial charge in [-0.3, -0.25) is 9.78 Å². The summed E-state index contributed by atoms with van der Waals surface area (Å²) in [5, 5.41) is 7.58. The van der Waals surface area contributed by atoms with Crippen LogP contribution in [0.15, 0.2) is 36.5 Å². The Balaban J connectivity index is 1.39. The Hall–Kier alpha value is -1.99. The number of aromatic nitrogens is 1. The van der Waals surface area contributed by atoms with Gasteiger partial charge in [-0.05, 0) is 55.4 Å². The second-order valence-electron chi connectivity index (χ2n) is 9.15. The third-order valence-corrected chi connectivity index (χ3v) is 7.02. The summed E-state index contributed by atoms with van der Waals surface area (Å²) in [4.78, 5) is 17.3. The van der Waals surface area contributed by atoms with E-state index < -0.39 is 0 Å². The van der Waals surface area contributed by atoms with E-state index in [-0.39, 0.29) is 11.7 Å². The maximum Gasteiger partial charge on any atom is 0.143 e. The van der Waals surface area contributed by atoms with Gasteiger partial charge in [0.25, 0.3) is 0 Å². The maximum absolute atomic E-state index is 12.9. The van der Waals surface area contributed by atoms with Gasteiger partial charge in [0.05, 0.1) is 11.6 Å². The third kappa shape index (κ3) is 6.76. The van der Waals surface area contributed by atoms with Crippen molar-refractivity contribution in [1.82, 2.24) is 10.3 Å². The Labute approximate surface area is 201 Å². The van der Waals surface area contributed by atoms with Crippen molar-refractivity contribution in [2.75, 3.05) is 45.3 Å². The molecular weight excluding hydrogens is 438 g/mol. The predicted octanol–water partition coefficient (Wildman–Crippen LogP) is 4.37. The fourth-order valence-corrected chi connectivity index (χ4v) is 4.88. The van der Waals surface area contributed by atoms with Gasteiger partial charge in [-0.2, -0.15) is 0 Å². The molecule has 0 unspecified atom stereocenters. The van der Waals surface area contributed by atoms with E-state index in [1.165, 1.54) is 0 Å². The minimum Gasteiger partial charge on any atom is -0.385 e. The van der Waals surface area contributed by atoms with Crippen molar-refractivity contribution < 1.29 is 14.3 Å². The fourth-order valence-electron chi connectivity index (χ4n) is 4.67. The lowest BCUT2D eigenvalue weighted by atomic mass is 9.89. The minimum atomic E-state index is 0.0248. The average molecular weight is 472 g/mol. The van der Waals surface area contributed by atoms with Crippen molar-refractivity contribution >= 4 is 23.1 Å². The number of rotatable bonds is 9. The Morgan fingerprint density at radius 1 is 1.24 bits per heavy atom. The van der Waals surface area contributed by atoms with Gasteiger partial charge < -0.3 is 20.1 Å². The van der Waals surface area contributed by atoms with Gasteiger partial charge in [0.15, 0.2) is 0 Å². The van der Waals surface area contributed by atoms with Crippen LogP contribution in [-0.4, -0.2) is 56.8 Å². The smallest absolute Gasteiger partial charge is 0.143 e. The molecule has 0 amide bonds. The summed E-state index contributed by atoms with van der Waals surface area (Å²) in [5.41, 5.74) is 3.77. The van der Waals surface area contributed by atoms with Crippen LogP contribution >= 0.6 is 11.6 Å². The number of carbonyl (C=O) groups excluding carboxylic acids is 1. The van der Waals surface area contributed by atoms with Crippen molar-refractivity contribution in [2.45, 2.75) is 38.1 Å². The summed E-state index contributed by atoms with van der Waals surface area (Å²) >= 11 is 6.51. The predicted molar refractivity (Wildman–Crippen MR) is 132 cm³/mol. The van der Waals surface area contributed by atoms with Crippen LogP contribution in [-0.2, 0) is 20.7 Å². The summed E-state index contributed by atoms with van der Waals surface area (Å²) < 4.78 is 10.7. The number of hydrogen-bond donors (Lipinski definition) is 2. The molecule has 2 atom stereocenters. The van der Waals surface area contributed by atoms with E-state index in [0.717, 1.165) is 68.0 Å². The number of methoxy groups -OCH3 is 1. The zero-order valence-corrected chi connectivity index (χ0v) is 20.1. The van der Waals surface area contributed by atoms with Crippen LogP contribution in [0.25, 0.3) is 11.1 Å². The van der Waals surface area contributed by atoms with Crippen molar-refractivity contribution in [3.8, 4) is 11.1 Å². The van der Waals surface area contributed by atoms with Crippen LogP contribution in [0, 0.1) is 11.8 Å². The summed E-state index contributed by atoms with van der Waals surface area (Å²) in [5.74, 6) is 0.895. The van der Waals surface area contributed by atoms with Crippen molar-refractivity contribution in [1.29, 1.82) is 0 Å². The number of halogens is 1. The number of carbonyl (C=O) groups is 1. The first kappa shape index (κ1) is 24.1. The standard InChI is InChI=1S/C26H34ClN3O3/c1-32-17-22-6-5-20(15-29-22)26(31)13-23-12-24(25(27)16-30-23)19-3-2-4-21(11-19)28-14-18-7-9-33-10-8-18/h2-4,11-12,16,18,20,22,28-29H,5-10,13-15,17H2,1H3/t20-,22-/m1/s1. The number of pyridine rings is 1. The van der Waals surface area contributed by atoms with Gasteiger partial charge in [0.2, 0.25) is 0 Å². The molecule has 0 radical (unpaired) electrons. The monoisotopic (exact) mass is 471 g/mol. The van der Waals surface area contributed by atoms with Crippen LogP contribution in [0.1, 0.15) is 31.4 Å². The number of piperidine rings is 1. The van der Waals surface area contributed by atoms with Crippen molar-refractivity contribution in [3.05, 3.63) is 47.2 Å². The Kier molecular flexibility index (Phi) is 8.73. The van der Waals surface area contributed by atoms with Crippen LogP contribution in [0.4, 0.5) is 5.69 Å². The number of hydrogen-bond acceptors (Lipinski definition) is 6. The van der Waals surface area contributed by atoms with Crippen LogP contribution in [0.2, 0.25) is 5.02 Å². The molecule has 2 aliphatic rings. The molecule has 2 saturated heterocycles. The Morgan fingerprint density at radius 3 is 2.85 bits per heavy atom. The molecule has 6 nitrogen and oxygen atoms in total. The third-order valence-electron chi connectivity index (χ3n) is 6.72. The molecule has 0 aliphatic carbocycles. The highest BCUT2D eigenvalue weighted by Gasteiger charge is 2.26. The molecule has 2 N–H and O–H groups in total. The number of Topliss-reactive ketones (excluding diaryl/α,β-unsaturated/α-hetero) is 1. The van der Waals surface area contributed by atoms with Gasteiger partial charge in [-0.25, -0.2) is 0 Å². The van der Waals surface area contributed by atoms with E-state index in [4.69, 9.17) is 21.1 Å². The first-order chi connectivity index (χ1) is 16.1. The first-order valence-corrected chi connectivity index (χ1v) is 12.3. The average Bonchev–Trinajstić information content (AvgIpc) is 2.85. The highest BCUT2D eigenvalue weighted by Crippen LogP contribution is 2.30. The molecular formula is C26H34ClN3O3. The number of anilines is 1. The molecule has 1 aromatic carbocycles. The highest BCUT2D eigenvalue weighted by atomic mass is 35.5. The van der Waals surface area contributed by atoms with Gasteiger partial charge in [0, 0.05) is 74.9 Å². The quantitative estimate of drug-likeness (QED) is 0.566. The number of ether oxygens (including phenoxy) is 2. The van der Waals surface area contributed by atoms with Crippen LogP contribution in [0.5, 0.6) is 0 Å². The highest BCUT2D eigenvalue weighted by molar-refractivity contribution is 6.33. The van der Waals surface area contributed by atoms with E-state index >= 15 is 0 Å². The zero-order chi connectivity index (χ0) is 23.0. The molecule has 2 fully saturated rings. The molecule has 0 saturated carbocycles. The van der Waals surface area contributed by atoms with E-state index in [2.05, 4.69) is 27.8 Å². The molecule has 2 aliphatic heterocycles. The maximum atomic E-state index is 12.9. The second kappa shape index (κ2) is 11.9. The van der Waals surface area contributed by atoms with Crippen molar-refractivity contribution in [2.24, 2.45) is 11.8 Å². The van der Waals surface area contributed by atoms with Crippen molar-refractivity contribution in [3.63, 3.8) is 0 Å². The molecule has 1 aromatic heterocycles. The number of nitrogens with zero attached hydrogens (tertiary/aromatic N) is 1. The lowest BCUT2D eigenvalue weighted by Gasteiger charge is -2.28. The number of ketones is 1.